The lowest BCUT2D eigenvalue weighted by Gasteiger charge is -2.37. The van der Waals surface area contributed by atoms with Gasteiger partial charge in [-0.3, -0.25) is 0 Å². The fraction of sp³-hybridized carbons (Fsp3) is 0.571. The highest BCUT2D eigenvalue weighted by Gasteiger charge is 2.32. The van der Waals surface area contributed by atoms with E-state index in [1.54, 1.807) is 0 Å². The standard InChI is InChI=1S/C14H24N2O/c1-12(2)15-14(11-17,10-16(3)4)13-8-6-5-7-9-13/h5-9,12,15,17H,10-11H2,1-4H3. The molecule has 0 aliphatic heterocycles. The van der Waals surface area contributed by atoms with Gasteiger partial charge in [-0.25, -0.2) is 0 Å². The Bertz CT molecular complexity index is 312. The first kappa shape index (κ1) is 14.2. The monoisotopic (exact) mass is 236 g/mol. The summed E-state index contributed by atoms with van der Waals surface area (Å²) in [6.45, 7) is 5.06. The maximum Gasteiger partial charge on any atom is 0.0799 e. The molecule has 3 nitrogen and oxygen atoms in total. The molecule has 17 heavy (non-hydrogen) atoms. The van der Waals surface area contributed by atoms with Gasteiger partial charge in [-0.2, -0.15) is 0 Å². The molecule has 0 spiro atoms. The van der Waals surface area contributed by atoms with Crippen molar-refractivity contribution in [3.05, 3.63) is 35.9 Å². The summed E-state index contributed by atoms with van der Waals surface area (Å²) in [4.78, 5) is 2.10. The third kappa shape index (κ3) is 3.80. The Morgan fingerprint density at radius 3 is 2.24 bits per heavy atom. The van der Waals surface area contributed by atoms with Gasteiger partial charge in [0.15, 0.2) is 0 Å². The van der Waals surface area contributed by atoms with Crippen LogP contribution in [0.2, 0.25) is 0 Å². The van der Waals surface area contributed by atoms with Crippen molar-refractivity contribution in [2.45, 2.75) is 25.4 Å². The second kappa shape index (κ2) is 6.15. The fourth-order valence-corrected chi connectivity index (χ4v) is 2.26. The van der Waals surface area contributed by atoms with Crippen LogP contribution in [0.25, 0.3) is 0 Å². The van der Waals surface area contributed by atoms with E-state index in [-0.39, 0.29) is 12.1 Å². The Hall–Kier alpha value is -0.900. The lowest BCUT2D eigenvalue weighted by molar-refractivity contribution is 0.119. The summed E-state index contributed by atoms with van der Waals surface area (Å²) in [6, 6.07) is 10.5. The van der Waals surface area contributed by atoms with Gasteiger partial charge in [0, 0.05) is 12.6 Å². The first-order valence-corrected chi connectivity index (χ1v) is 6.09. The van der Waals surface area contributed by atoms with Gasteiger partial charge in [0.1, 0.15) is 0 Å². The molecule has 0 aliphatic rings. The van der Waals surface area contributed by atoms with Gasteiger partial charge in [-0.05, 0) is 33.5 Å². The van der Waals surface area contributed by atoms with Crippen molar-refractivity contribution in [2.75, 3.05) is 27.2 Å². The van der Waals surface area contributed by atoms with Crippen LogP contribution < -0.4 is 5.32 Å². The van der Waals surface area contributed by atoms with Crippen LogP contribution in [0.1, 0.15) is 19.4 Å². The maximum absolute atomic E-state index is 9.84. The molecular formula is C14H24N2O. The largest absolute Gasteiger partial charge is 0.394 e. The van der Waals surface area contributed by atoms with E-state index in [4.69, 9.17) is 0 Å². The Labute approximate surface area is 104 Å². The molecule has 0 aliphatic carbocycles. The third-order valence-corrected chi connectivity index (χ3v) is 2.75. The minimum Gasteiger partial charge on any atom is -0.394 e. The minimum absolute atomic E-state index is 0.0906. The smallest absolute Gasteiger partial charge is 0.0799 e. The summed E-state index contributed by atoms with van der Waals surface area (Å²) in [5, 5.41) is 13.3. The lowest BCUT2D eigenvalue weighted by Crippen LogP contribution is -2.54. The van der Waals surface area contributed by atoms with E-state index in [1.807, 2.05) is 32.3 Å². The third-order valence-electron chi connectivity index (χ3n) is 2.75. The zero-order valence-corrected chi connectivity index (χ0v) is 11.3. The molecule has 0 fully saturated rings. The molecule has 0 aromatic heterocycles. The summed E-state index contributed by atoms with van der Waals surface area (Å²) in [5.74, 6) is 0. The van der Waals surface area contributed by atoms with Crippen LogP contribution in [0.5, 0.6) is 0 Å². The first-order valence-electron chi connectivity index (χ1n) is 6.09. The van der Waals surface area contributed by atoms with Crippen molar-refractivity contribution in [1.29, 1.82) is 0 Å². The second-order valence-corrected chi connectivity index (χ2v) is 5.14. The molecule has 0 saturated heterocycles. The number of benzene rings is 1. The molecule has 1 aromatic rings. The molecule has 2 N–H and O–H groups in total. The Morgan fingerprint density at radius 2 is 1.82 bits per heavy atom. The maximum atomic E-state index is 9.84. The van der Waals surface area contributed by atoms with Crippen molar-refractivity contribution in [3.8, 4) is 0 Å². The topological polar surface area (TPSA) is 35.5 Å². The van der Waals surface area contributed by atoms with E-state index in [2.05, 4.69) is 36.2 Å². The first-order chi connectivity index (χ1) is 8.00. The summed E-state index contributed by atoms with van der Waals surface area (Å²) in [6.07, 6.45) is 0. The van der Waals surface area contributed by atoms with Crippen LogP contribution >= 0.6 is 0 Å². The van der Waals surface area contributed by atoms with Crippen molar-refractivity contribution in [1.82, 2.24) is 10.2 Å². The van der Waals surface area contributed by atoms with Gasteiger partial charge in [0.05, 0.1) is 12.1 Å². The van der Waals surface area contributed by atoms with E-state index in [1.165, 1.54) is 0 Å². The van der Waals surface area contributed by atoms with Crippen molar-refractivity contribution >= 4 is 0 Å². The van der Waals surface area contributed by atoms with Gasteiger partial charge >= 0.3 is 0 Å². The Balaban J connectivity index is 3.06. The van der Waals surface area contributed by atoms with Crippen LogP contribution in [-0.4, -0.2) is 43.3 Å². The van der Waals surface area contributed by atoms with Crippen molar-refractivity contribution in [3.63, 3.8) is 0 Å². The lowest BCUT2D eigenvalue weighted by atomic mass is 9.89. The van der Waals surface area contributed by atoms with Crippen molar-refractivity contribution < 1.29 is 5.11 Å². The zero-order chi connectivity index (χ0) is 12.9. The average molecular weight is 236 g/mol. The number of rotatable bonds is 6. The van der Waals surface area contributed by atoms with E-state index >= 15 is 0 Å². The van der Waals surface area contributed by atoms with E-state index in [0.29, 0.717) is 6.04 Å². The number of nitrogens with one attached hydrogen (secondary N) is 1. The van der Waals surface area contributed by atoms with Gasteiger partial charge in [-0.1, -0.05) is 30.3 Å². The molecule has 0 heterocycles. The Kier molecular flexibility index (Phi) is 5.12. The number of aliphatic hydroxyl groups is 1. The number of aliphatic hydroxyl groups excluding tert-OH is 1. The summed E-state index contributed by atoms with van der Waals surface area (Å²) in [7, 11) is 4.05. The SMILES string of the molecule is CC(C)NC(CO)(CN(C)C)c1ccccc1. The molecule has 96 valence electrons. The molecule has 1 rings (SSSR count). The molecule has 1 atom stereocenters. The van der Waals surface area contributed by atoms with E-state index < -0.39 is 0 Å². The summed E-state index contributed by atoms with van der Waals surface area (Å²) >= 11 is 0. The molecule has 0 bridgehead atoms. The molecular weight excluding hydrogens is 212 g/mol. The number of hydrogen-bond donors (Lipinski definition) is 2. The molecule has 3 heteroatoms. The average Bonchev–Trinajstić information content (AvgIpc) is 2.28. The number of likely N-dealkylation sites (N-methyl/N-ethyl adjacent to an activating group) is 1. The molecule has 1 aromatic carbocycles. The van der Waals surface area contributed by atoms with Crippen LogP contribution in [0.4, 0.5) is 0 Å². The van der Waals surface area contributed by atoms with E-state index in [0.717, 1.165) is 12.1 Å². The van der Waals surface area contributed by atoms with Gasteiger partial charge in [-0.15, -0.1) is 0 Å². The van der Waals surface area contributed by atoms with Crippen LogP contribution in [0.15, 0.2) is 30.3 Å². The second-order valence-electron chi connectivity index (χ2n) is 5.14. The van der Waals surface area contributed by atoms with Gasteiger partial charge in [0.25, 0.3) is 0 Å². The predicted molar refractivity (Wildman–Crippen MR) is 72.0 cm³/mol. The number of hydrogen-bond acceptors (Lipinski definition) is 3. The van der Waals surface area contributed by atoms with Crippen LogP contribution in [0.3, 0.4) is 0 Å². The van der Waals surface area contributed by atoms with Crippen LogP contribution in [0, 0.1) is 0 Å². The van der Waals surface area contributed by atoms with E-state index in [9.17, 15) is 5.11 Å². The molecule has 0 radical (unpaired) electrons. The molecule has 1 unspecified atom stereocenters. The highest BCUT2D eigenvalue weighted by molar-refractivity contribution is 5.25. The number of nitrogens with zero attached hydrogens (tertiary/aromatic N) is 1. The zero-order valence-electron chi connectivity index (χ0n) is 11.3. The fourth-order valence-electron chi connectivity index (χ4n) is 2.26. The highest BCUT2D eigenvalue weighted by atomic mass is 16.3. The highest BCUT2D eigenvalue weighted by Crippen LogP contribution is 2.22. The Morgan fingerprint density at radius 1 is 1.24 bits per heavy atom. The van der Waals surface area contributed by atoms with Gasteiger partial charge in [0.2, 0.25) is 0 Å². The molecule has 0 amide bonds. The molecule has 0 saturated carbocycles. The predicted octanol–water partition coefficient (Wildman–Crippen LogP) is 1.43. The van der Waals surface area contributed by atoms with Gasteiger partial charge < -0.3 is 15.3 Å². The summed E-state index contributed by atoms with van der Waals surface area (Å²) in [5.41, 5.74) is 0.740. The quantitative estimate of drug-likeness (QED) is 0.784. The normalized spacial score (nSPS) is 15.2. The van der Waals surface area contributed by atoms with Crippen molar-refractivity contribution in [2.24, 2.45) is 0 Å². The minimum atomic E-state index is -0.390. The summed E-state index contributed by atoms with van der Waals surface area (Å²) < 4.78 is 0. The van der Waals surface area contributed by atoms with Crippen LogP contribution in [-0.2, 0) is 5.54 Å².